The van der Waals surface area contributed by atoms with Gasteiger partial charge in [-0.25, -0.2) is 8.42 Å². The molecule has 1 N–H and O–H groups in total. The second kappa shape index (κ2) is 10.8. The molecule has 0 spiro atoms. The van der Waals surface area contributed by atoms with Crippen LogP contribution in [-0.4, -0.2) is 69.4 Å². The summed E-state index contributed by atoms with van der Waals surface area (Å²) in [6.07, 6.45) is 6.14. The van der Waals surface area contributed by atoms with Crippen molar-refractivity contribution < 1.29 is 17.9 Å². The van der Waals surface area contributed by atoms with Gasteiger partial charge in [-0.2, -0.15) is 4.31 Å². The molecule has 2 heterocycles. The van der Waals surface area contributed by atoms with Gasteiger partial charge in [0.25, 0.3) is 5.91 Å². The number of hydrogen-bond acceptors (Lipinski definition) is 5. The number of piperidine rings is 2. The summed E-state index contributed by atoms with van der Waals surface area (Å²) in [5.41, 5.74) is 0.343. The average molecular weight is 452 g/mol. The maximum absolute atomic E-state index is 13.3. The molecular formula is C23H37N3O4S. The summed E-state index contributed by atoms with van der Waals surface area (Å²) in [4.78, 5) is 15.2. The van der Waals surface area contributed by atoms with Gasteiger partial charge in [0.15, 0.2) is 0 Å². The molecule has 8 heteroatoms. The minimum atomic E-state index is -3.73. The highest BCUT2D eigenvalue weighted by atomic mass is 32.2. The number of rotatable bonds is 8. The van der Waals surface area contributed by atoms with Gasteiger partial charge < -0.3 is 15.0 Å². The number of likely N-dealkylation sites (tertiary alicyclic amines) is 1. The van der Waals surface area contributed by atoms with Crippen LogP contribution in [0.15, 0.2) is 23.1 Å². The monoisotopic (exact) mass is 451 g/mol. The summed E-state index contributed by atoms with van der Waals surface area (Å²) < 4.78 is 33.5. The van der Waals surface area contributed by atoms with Crippen LogP contribution in [0.5, 0.6) is 5.75 Å². The second-order valence-electron chi connectivity index (χ2n) is 8.98. The maximum Gasteiger partial charge on any atom is 0.251 e. The van der Waals surface area contributed by atoms with Gasteiger partial charge in [-0.05, 0) is 76.2 Å². The lowest BCUT2D eigenvalue weighted by Gasteiger charge is -2.32. The minimum Gasteiger partial charge on any atom is -0.495 e. The minimum absolute atomic E-state index is 0.0570. The summed E-state index contributed by atoms with van der Waals surface area (Å²) in [5, 5.41) is 2.94. The van der Waals surface area contributed by atoms with E-state index in [-0.39, 0.29) is 22.6 Å². The fraction of sp³-hybridized carbons (Fsp3) is 0.696. The Morgan fingerprint density at radius 3 is 2.68 bits per heavy atom. The van der Waals surface area contributed by atoms with Gasteiger partial charge in [-0.15, -0.1) is 0 Å². The Balaban J connectivity index is 1.64. The van der Waals surface area contributed by atoms with Gasteiger partial charge in [-0.3, -0.25) is 4.79 Å². The van der Waals surface area contributed by atoms with Crippen molar-refractivity contribution in [2.45, 2.75) is 63.3 Å². The normalized spacial score (nSPS) is 23.5. The predicted molar refractivity (Wildman–Crippen MR) is 122 cm³/mol. The summed E-state index contributed by atoms with van der Waals surface area (Å²) in [6, 6.07) is 4.60. The summed E-state index contributed by atoms with van der Waals surface area (Å²) in [5.74, 6) is 0.761. The number of nitrogens with zero attached hydrogens (tertiary/aromatic N) is 2. The Morgan fingerprint density at radius 2 is 1.97 bits per heavy atom. The third-order valence-electron chi connectivity index (χ3n) is 6.43. The van der Waals surface area contributed by atoms with Gasteiger partial charge in [0.1, 0.15) is 10.6 Å². The molecule has 2 unspecified atom stereocenters. The van der Waals surface area contributed by atoms with Crippen LogP contribution in [0.3, 0.4) is 0 Å². The molecule has 7 nitrogen and oxygen atoms in total. The lowest BCUT2D eigenvalue weighted by atomic mass is 10.0. The van der Waals surface area contributed by atoms with Crippen LogP contribution in [0.2, 0.25) is 0 Å². The van der Waals surface area contributed by atoms with Crippen molar-refractivity contribution in [2.24, 2.45) is 5.92 Å². The molecule has 0 saturated carbocycles. The second-order valence-corrected chi connectivity index (χ2v) is 10.8. The van der Waals surface area contributed by atoms with Crippen LogP contribution in [-0.2, 0) is 10.0 Å². The van der Waals surface area contributed by atoms with Crippen molar-refractivity contribution in [1.82, 2.24) is 14.5 Å². The Morgan fingerprint density at radius 1 is 1.16 bits per heavy atom. The molecule has 3 rings (SSSR count). The molecule has 1 aromatic carbocycles. The van der Waals surface area contributed by atoms with E-state index in [1.165, 1.54) is 30.3 Å². The van der Waals surface area contributed by atoms with E-state index < -0.39 is 10.0 Å². The van der Waals surface area contributed by atoms with Crippen molar-refractivity contribution in [3.63, 3.8) is 0 Å². The fourth-order valence-corrected chi connectivity index (χ4v) is 6.55. The lowest BCUT2D eigenvalue weighted by Crippen LogP contribution is -2.42. The Bertz CT molecular complexity index is 858. The largest absolute Gasteiger partial charge is 0.495 e. The van der Waals surface area contributed by atoms with E-state index >= 15 is 0 Å². The molecule has 31 heavy (non-hydrogen) atoms. The third kappa shape index (κ3) is 5.99. The number of carbonyl (C=O) groups is 1. The van der Waals surface area contributed by atoms with Crippen LogP contribution in [0, 0.1) is 5.92 Å². The number of sulfonamides is 1. The fourth-order valence-electron chi connectivity index (χ4n) is 4.67. The van der Waals surface area contributed by atoms with Crippen molar-refractivity contribution in [1.29, 1.82) is 0 Å². The third-order valence-corrected chi connectivity index (χ3v) is 8.47. The van der Waals surface area contributed by atoms with Crippen molar-refractivity contribution in [3.05, 3.63) is 23.8 Å². The highest BCUT2D eigenvalue weighted by Gasteiger charge is 2.33. The van der Waals surface area contributed by atoms with Gasteiger partial charge in [0.2, 0.25) is 10.0 Å². The molecule has 2 atom stereocenters. The first-order valence-electron chi connectivity index (χ1n) is 11.5. The van der Waals surface area contributed by atoms with Crippen LogP contribution in [0.4, 0.5) is 0 Å². The van der Waals surface area contributed by atoms with Crippen molar-refractivity contribution in [3.8, 4) is 5.75 Å². The molecule has 0 aromatic heterocycles. The Kier molecular flexibility index (Phi) is 8.36. The predicted octanol–water partition coefficient (Wildman–Crippen LogP) is 3.11. The topological polar surface area (TPSA) is 79.0 Å². The van der Waals surface area contributed by atoms with Crippen molar-refractivity contribution in [2.75, 3.05) is 39.8 Å². The molecule has 2 fully saturated rings. The molecule has 174 valence electrons. The Hall–Kier alpha value is -1.64. The average Bonchev–Trinajstić information content (AvgIpc) is 2.76. The molecule has 0 aliphatic carbocycles. The molecule has 2 saturated heterocycles. The van der Waals surface area contributed by atoms with Crippen LogP contribution in [0.1, 0.15) is 62.7 Å². The molecular weight excluding hydrogens is 414 g/mol. The van der Waals surface area contributed by atoms with E-state index in [9.17, 15) is 13.2 Å². The quantitative estimate of drug-likeness (QED) is 0.615. The number of methoxy groups -OCH3 is 1. The standard InChI is InChI=1S/C23H37N3O4S/c1-18-8-6-13-25(17-18)14-7-12-24-23(27)20-10-11-21(30-3)22(16-20)31(28,29)26-15-5-4-9-19(26)2/h10-11,16,18-19H,4-9,12-15,17H2,1-3H3,(H,24,27). The number of hydrogen-bond donors (Lipinski definition) is 1. The van der Waals surface area contributed by atoms with E-state index in [0.717, 1.165) is 51.2 Å². The first kappa shape index (κ1) is 24.0. The van der Waals surface area contributed by atoms with E-state index in [2.05, 4.69) is 17.1 Å². The highest BCUT2D eigenvalue weighted by Crippen LogP contribution is 2.31. The van der Waals surface area contributed by atoms with E-state index in [1.807, 2.05) is 6.92 Å². The molecule has 2 aliphatic heterocycles. The highest BCUT2D eigenvalue weighted by molar-refractivity contribution is 7.89. The smallest absolute Gasteiger partial charge is 0.251 e. The maximum atomic E-state index is 13.3. The summed E-state index contributed by atoms with van der Waals surface area (Å²) in [7, 11) is -2.28. The zero-order valence-electron chi connectivity index (χ0n) is 19.1. The van der Waals surface area contributed by atoms with E-state index in [0.29, 0.717) is 18.7 Å². The van der Waals surface area contributed by atoms with E-state index in [1.54, 1.807) is 12.1 Å². The number of amides is 1. The first-order chi connectivity index (χ1) is 14.8. The van der Waals surface area contributed by atoms with E-state index in [4.69, 9.17) is 4.74 Å². The molecule has 1 aromatic rings. The van der Waals surface area contributed by atoms with Gasteiger partial charge in [-0.1, -0.05) is 13.3 Å². The van der Waals surface area contributed by atoms with Crippen LogP contribution in [0.25, 0.3) is 0 Å². The summed E-state index contributed by atoms with van der Waals surface area (Å²) >= 11 is 0. The SMILES string of the molecule is COc1ccc(C(=O)NCCCN2CCCC(C)C2)cc1S(=O)(=O)N1CCCCC1C. The van der Waals surface area contributed by atoms with Crippen LogP contribution < -0.4 is 10.1 Å². The van der Waals surface area contributed by atoms with Gasteiger partial charge in [0, 0.05) is 31.2 Å². The molecule has 0 radical (unpaired) electrons. The van der Waals surface area contributed by atoms with Crippen molar-refractivity contribution >= 4 is 15.9 Å². The van der Waals surface area contributed by atoms with Gasteiger partial charge in [0.05, 0.1) is 7.11 Å². The Labute approximate surface area is 187 Å². The number of nitrogens with one attached hydrogen (secondary N) is 1. The molecule has 2 aliphatic rings. The lowest BCUT2D eigenvalue weighted by molar-refractivity contribution is 0.0950. The number of ether oxygens (including phenoxy) is 1. The zero-order chi connectivity index (χ0) is 22.4. The molecule has 1 amide bonds. The first-order valence-corrected chi connectivity index (χ1v) is 13.0. The molecule has 0 bridgehead atoms. The number of carbonyl (C=O) groups excluding carboxylic acids is 1. The van der Waals surface area contributed by atoms with Gasteiger partial charge >= 0.3 is 0 Å². The zero-order valence-corrected chi connectivity index (χ0v) is 19.9. The van der Waals surface area contributed by atoms with Crippen LogP contribution >= 0.6 is 0 Å². The number of benzene rings is 1. The summed E-state index contributed by atoms with van der Waals surface area (Å²) in [6.45, 7) is 8.52.